The minimum atomic E-state index is -3.39. The van der Waals surface area contributed by atoms with Crippen LogP contribution in [0, 0.1) is 5.92 Å². The molecule has 0 aliphatic heterocycles. The van der Waals surface area contributed by atoms with Crippen molar-refractivity contribution in [2.45, 2.75) is 31.0 Å². The molecule has 102 valence electrons. The summed E-state index contributed by atoms with van der Waals surface area (Å²) in [4.78, 5) is 0.312. The van der Waals surface area contributed by atoms with Crippen molar-refractivity contribution in [1.29, 1.82) is 0 Å². The van der Waals surface area contributed by atoms with Gasteiger partial charge in [-0.25, -0.2) is 12.7 Å². The molecule has 0 aliphatic rings. The molecule has 3 nitrogen and oxygen atoms in total. The second kappa shape index (κ2) is 6.55. The lowest BCUT2D eigenvalue weighted by atomic mass is 10.1. The van der Waals surface area contributed by atoms with Crippen LogP contribution in [0.15, 0.2) is 29.2 Å². The highest BCUT2D eigenvalue weighted by Gasteiger charge is 2.20. The fourth-order valence-corrected chi connectivity index (χ4v) is 2.95. The van der Waals surface area contributed by atoms with Crippen LogP contribution in [-0.2, 0) is 15.9 Å². The molecule has 0 fully saturated rings. The summed E-state index contributed by atoms with van der Waals surface area (Å²) in [5.74, 6) is 0.802. The van der Waals surface area contributed by atoms with Gasteiger partial charge in [-0.3, -0.25) is 0 Å². The van der Waals surface area contributed by atoms with Crippen molar-refractivity contribution in [2.75, 3.05) is 13.6 Å². The first-order valence-corrected chi connectivity index (χ1v) is 7.96. The molecule has 0 amide bonds. The topological polar surface area (TPSA) is 37.4 Å². The van der Waals surface area contributed by atoms with Gasteiger partial charge in [0.05, 0.1) is 4.90 Å². The predicted octanol–water partition coefficient (Wildman–Crippen LogP) is 3.09. The third kappa shape index (κ3) is 3.97. The molecule has 0 radical (unpaired) electrons. The standard InChI is InChI=1S/C13H20ClNO2S/c1-11(2)7-8-15(3)18(16,17)13-6-4-5-12(9-13)10-14/h4-6,9,11H,7-8,10H2,1-3H3. The Hall–Kier alpha value is -0.580. The first kappa shape index (κ1) is 15.5. The Morgan fingerprint density at radius 3 is 2.56 bits per heavy atom. The van der Waals surface area contributed by atoms with E-state index in [2.05, 4.69) is 13.8 Å². The van der Waals surface area contributed by atoms with E-state index in [-0.39, 0.29) is 0 Å². The van der Waals surface area contributed by atoms with Gasteiger partial charge in [0, 0.05) is 19.5 Å². The number of halogens is 1. The molecule has 0 saturated heterocycles. The number of rotatable bonds is 6. The Morgan fingerprint density at radius 2 is 2.00 bits per heavy atom. The number of sulfonamides is 1. The molecular formula is C13H20ClNO2S. The van der Waals surface area contributed by atoms with Crippen LogP contribution < -0.4 is 0 Å². The van der Waals surface area contributed by atoms with Gasteiger partial charge in [0.2, 0.25) is 10.0 Å². The van der Waals surface area contributed by atoms with Crippen molar-refractivity contribution >= 4 is 21.6 Å². The average molecular weight is 290 g/mol. The molecule has 0 heterocycles. The van der Waals surface area contributed by atoms with Crippen molar-refractivity contribution in [3.63, 3.8) is 0 Å². The normalized spacial score (nSPS) is 12.3. The summed E-state index contributed by atoms with van der Waals surface area (Å²) in [7, 11) is -1.78. The Bertz CT molecular complexity index is 486. The second-order valence-corrected chi connectivity index (χ2v) is 7.10. The number of hydrogen-bond donors (Lipinski definition) is 0. The molecule has 18 heavy (non-hydrogen) atoms. The molecule has 0 N–H and O–H groups in total. The molecule has 0 bridgehead atoms. The van der Waals surface area contributed by atoms with Gasteiger partial charge >= 0.3 is 0 Å². The van der Waals surface area contributed by atoms with Gasteiger partial charge in [-0.05, 0) is 30.0 Å². The van der Waals surface area contributed by atoms with Crippen LogP contribution in [0.5, 0.6) is 0 Å². The van der Waals surface area contributed by atoms with E-state index in [1.54, 1.807) is 25.2 Å². The lowest BCUT2D eigenvalue weighted by molar-refractivity contribution is 0.428. The maximum atomic E-state index is 12.3. The highest BCUT2D eigenvalue weighted by Crippen LogP contribution is 2.17. The van der Waals surface area contributed by atoms with Gasteiger partial charge in [0.25, 0.3) is 0 Å². The molecule has 5 heteroatoms. The molecular weight excluding hydrogens is 270 g/mol. The van der Waals surface area contributed by atoms with Crippen LogP contribution in [-0.4, -0.2) is 26.3 Å². The molecule has 0 aliphatic carbocycles. The molecule has 0 atom stereocenters. The fraction of sp³-hybridized carbons (Fsp3) is 0.538. The quantitative estimate of drug-likeness (QED) is 0.755. The monoisotopic (exact) mass is 289 g/mol. The van der Waals surface area contributed by atoms with Crippen molar-refractivity contribution in [3.05, 3.63) is 29.8 Å². The zero-order valence-corrected chi connectivity index (χ0v) is 12.6. The van der Waals surface area contributed by atoms with Crippen molar-refractivity contribution in [1.82, 2.24) is 4.31 Å². The van der Waals surface area contributed by atoms with E-state index < -0.39 is 10.0 Å². The zero-order valence-electron chi connectivity index (χ0n) is 11.1. The van der Waals surface area contributed by atoms with Crippen LogP contribution in [0.3, 0.4) is 0 Å². The third-order valence-electron chi connectivity index (χ3n) is 2.78. The van der Waals surface area contributed by atoms with Crippen LogP contribution in [0.1, 0.15) is 25.8 Å². The molecule has 1 aromatic rings. The van der Waals surface area contributed by atoms with Gasteiger partial charge < -0.3 is 0 Å². The van der Waals surface area contributed by atoms with Gasteiger partial charge in [0.1, 0.15) is 0 Å². The molecule has 1 rings (SSSR count). The van der Waals surface area contributed by atoms with Crippen molar-refractivity contribution < 1.29 is 8.42 Å². The van der Waals surface area contributed by atoms with Crippen LogP contribution >= 0.6 is 11.6 Å². The number of hydrogen-bond acceptors (Lipinski definition) is 2. The van der Waals surface area contributed by atoms with E-state index >= 15 is 0 Å². The van der Waals surface area contributed by atoms with Crippen molar-refractivity contribution in [3.8, 4) is 0 Å². The van der Waals surface area contributed by atoms with E-state index in [4.69, 9.17) is 11.6 Å². The van der Waals surface area contributed by atoms with E-state index in [9.17, 15) is 8.42 Å². The van der Waals surface area contributed by atoms with Gasteiger partial charge in [-0.1, -0.05) is 26.0 Å². The van der Waals surface area contributed by atoms with Crippen LogP contribution in [0.2, 0.25) is 0 Å². The highest BCUT2D eigenvalue weighted by atomic mass is 35.5. The first-order chi connectivity index (χ1) is 8.37. The maximum absolute atomic E-state index is 12.3. The summed E-state index contributed by atoms with van der Waals surface area (Å²) in [6.07, 6.45) is 0.852. The van der Waals surface area contributed by atoms with E-state index in [1.165, 1.54) is 4.31 Å². The Labute approximate surface area is 115 Å². The summed E-state index contributed by atoms with van der Waals surface area (Å²) in [6.45, 7) is 4.69. The number of benzene rings is 1. The molecule has 0 unspecified atom stereocenters. The third-order valence-corrected chi connectivity index (χ3v) is 4.94. The minimum Gasteiger partial charge on any atom is -0.207 e. The first-order valence-electron chi connectivity index (χ1n) is 5.99. The molecule has 0 aromatic heterocycles. The predicted molar refractivity (Wildman–Crippen MR) is 75.3 cm³/mol. The molecule has 0 saturated carbocycles. The lowest BCUT2D eigenvalue weighted by Gasteiger charge is -2.18. The second-order valence-electron chi connectivity index (χ2n) is 4.79. The Balaban J connectivity index is 2.91. The smallest absolute Gasteiger partial charge is 0.207 e. The van der Waals surface area contributed by atoms with Crippen molar-refractivity contribution in [2.24, 2.45) is 5.92 Å². The van der Waals surface area contributed by atoms with Gasteiger partial charge in [-0.15, -0.1) is 11.6 Å². The molecule has 0 spiro atoms. The summed E-state index contributed by atoms with van der Waals surface area (Å²) < 4.78 is 26.0. The van der Waals surface area contributed by atoms with Crippen LogP contribution in [0.25, 0.3) is 0 Å². The van der Waals surface area contributed by atoms with E-state index in [0.717, 1.165) is 12.0 Å². The van der Waals surface area contributed by atoms with E-state index in [1.807, 2.05) is 6.07 Å². The summed E-state index contributed by atoms with van der Waals surface area (Å²) >= 11 is 5.72. The number of alkyl halides is 1. The summed E-state index contributed by atoms with van der Waals surface area (Å²) in [5.41, 5.74) is 0.815. The zero-order chi connectivity index (χ0) is 13.8. The van der Waals surface area contributed by atoms with Gasteiger partial charge in [0.15, 0.2) is 0 Å². The Morgan fingerprint density at radius 1 is 1.33 bits per heavy atom. The number of nitrogens with zero attached hydrogens (tertiary/aromatic N) is 1. The van der Waals surface area contributed by atoms with E-state index in [0.29, 0.717) is 23.2 Å². The SMILES string of the molecule is CC(C)CCN(C)S(=O)(=O)c1cccc(CCl)c1. The average Bonchev–Trinajstić information content (AvgIpc) is 2.35. The summed E-state index contributed by atoms with van der Waals surface area (Å²) in [5, 5.41) is 0. The molecule has 1 aromatic carbocycles. The minimum absolute atomic E-state index is 0.312. The Kier molecular flexibility index (Phi) is 5.63. The summed E-state index contributed by atoms with van der Waals surface area (Å²) in [6, 6.07) is 6.78. The van der Waals surface area contributed by atoms with Crippen LogP contribution in [0.4, 0.5) is 0 Å². The largest absolute Gasteiger partial charge is 0.242 e. The van der Waals surface area contributed by atoms with Gasteiger partial charge in [-0.2, -0.15) is 0 Å². The highest BCUT2D eigenvalue weighted by molar-refractivity contribution is 7.89. The fourth-order valence-electron chi connectivity index (χ4n) is 1.53. The lowest BCUT2D eigenvalue weighted by Crippen LogP contribution is -2.28. The maximum Gasteiger partial charge on any atom is 0.242 e.